The van der Waals surface area contributed by atoms with E-state index >= 15 is 0 Å². The van der Waals surface area contributed by atoms with Gasteiger partial charge in [-0.2, -0.15) is 0 Å². The van der Waals surface area contributed by atoms with E-state index in [9.17, 15) is 13.2 Å². The van der Waals surface area contributed by atoms with Crippen LogP contribution < -0.4 is 4.72 Å². The minimum absolute atomic E-state index is 0.0308. The molecule has 0 saturated carbocycles. The van der Waals surface area contributed by atoms with Gasteiger partial charge in [0.05, 0.1) is 12.2 Å². The molecule has 1 atom stereocenters. The topological polar surface area (TPSA) is 83.5 Å². The van der Waals surface area contributed by atoms with Crippen molar-refractivity contribution in [2.45, 2.75) is 26.3 Å². The zero-order valence-electron chi connectivity index (χ0n) is 7.07. The Labute approximate surface area is 71.8 Å². The molecule has 0 amide bonds. The molecule has 0 aliphatic carbocycles. The highest BCUT2D eigenvalue weighted by Crippen LogP contribution is 1.93. The van der Waals surface area contributed by atoms with E-state index in [1.165, 1.54) is 13.8 Å². The van der Waals surface area contributed by atoms with Crippen LogP contribution in [0.15, 0.2) is 0 Å². The van der Waals surface area contributed by atoms with Gasteiger partial charge in [-0.25, -0.2) is 13.1 Å². The molecule has 0 saturated heterocycles. The van der Waals surface area contributed by atoms with Gasteiger partial charge in [-0.3, -0.25) is 4.79 Å². The van der Waals surface area contributed by atoms with Crippen molar-refractivity contribution >= 4 is 16.0 Å². The molecule has 0 aromatic carbocycles. The highest BCUT2D eigenvalue weighted by molar-refractivity contribution is 7.89. The molecule has 0 aromatic rings. The monoisotopic (exact) mass is 195 g/mol. The van der Waals surface area contributed by atoms with Gasteiger partial charge in [-0.05, 0) is 13.8 Å². The Morgan fingerprint density at radius 2 is 2.08 bits per heavy atom. The van der Waals surface area contributed by atoms with Gasteiger partial charge in [0.2, 0.25) is 10.0 Å². The van der Waals surface area contributed by atoms with E-state index in [1.54, 1.807) is 0 Å². The van der Waals surface area contributed by atoms with Gasteiger partial charge in [0.1, 0.15) is 0 Å². The van der Waals surface area contributed by atoms with Crippen LogP contribution in [0.1, 0.15) is 20.3 Å². The van der Waals surface area contributed by atoms with Crippen LogP contribution in [0.4, 0.5) is 0 Å². The summed E-state index contributed by atoms with van der Waals surface area (Å²) in [6.45, 7) is 3.01. The predicted molar refractivity (Wildman–Crippen MR) is 44.3 cm³/mol. The maximum absolute atomic E-state index is 10.9. The van der Waals surface area contributed by atoms with Crippen molar-refractivity contribution in [3.8, 4) is 0 Å². The second kappa shape index (κ2) is 4.42. The van der Waals surface area contributed by atoms with E-state index in [0.717, 1.165) is 0 Å². The summed E-state index contributed by atoms with van der Waals surface area (Å²) < 4.78 is 24.0. The molecule has 5 nitrogen and oxygen atoms in total. The second-order valence-corrected chi connectivity index (χ2v) is 4.56. The minimum atomic E-state index is -3.28. The van der Waals surface area contributed by atoms with Crippen LogP contribution in [-0.2, 0) is 14.8 Å². The largest absolute Gasteiger partial charge is 0.481 e. The molecule has 0 rings (SSSR count). The Morgan fingerprint density at radius 1 is 1.58 bits per heavy atom. The van der Waals surface area contributed by atoms with Crippen molar-refractivity contribution in [3.05, 3.63) is 0 Å². The summed E-state index contributed by atoms with van der Waals surface area (Å²) >= 11 is 0. The first-order valence-electron chi connectivity index (χ1n) is 3.59. The number of hydrogen-bond acceptors (Lipinski definition) is 3. The molecule has 0 aliphatic rings. The third-order valence-electron chi connectivity index (χ3n) is 1.24. The highest BCUT2D eigenvalue weighted by Gasteiger charge is 2.13. The van der Waals surface area contributed by atoms with Gasteiger partial charge in [-0.15, -0.1) is 0 Å². The highest BCUT2D eigenvalue weighted by atomic mass is 32.2. The van der Waals surface area contributed by atoms with Crippen LogP contribution in [0.2, 0.25) is 0 Å². The summed E-state index contributed by atoms with van der Waals surface area (Å²) in [5.41, 5.74) is 0. The zero-order valence-corrected chi connectivity index (χ0v) is 7.89. The van der Waals surface area contributed by atoms with Crippen LogP contribution in [0.5, 0.6) is 0 Å². The summed E-state index contributed by atoms with van der Waals surface area (Å²) in [6.07, 6.45) is -0.195. The Kier molecular flexibility index (Phi) is 4.19. The van der Waals surface area contributed by atoms with Crippen molar-refractivity contribution in [2.24, 2.45) is 0 Å². The summed E-state index contributed by atoms with van der Waals surface area (Å²) in [5, 5.41) is 8.32. The van der Waals surface area contributed by atoms with Crippen molar-refractivity contribution in [1.82, 2.24) is 4.72 Å². The fraction of sp³-hybridized carbons (Fsp3) is 0.833. The van der Waals surface area contributed by atoms with E-state index in [0.29, 0.717) is 0 Å². The van der Waals surface area contributed by atoms with Crippen LogP contribution in [0.25, 0.3) is 0 Å². The molecule has 0 heterocycles. The normalized spacial score (nSPS) is 14.2. The lowest BCUT2D eigenvalue weighted by atomic mass is 10.3. The Hall–Kier alpha value is -0.620. The summed E-state index contributed by atoms with van der Waals surface area (Å²) in [5.74, 6) is -1.04. The first kappa shape index (κ1) is 11.4. The molecule has 0 bridgehead atoms. The lowest BCUT2D eigenvalue weighted by Gasteiger charge is -2.09. The first-order chi connectivity index (χ1) is 5.37. The molecular weight excluding hydrogens is 182 g/mol. The standard InChI is InChI=1S/C6H13NO4S/c1-3-12(10,11)7-5(2)4-6(8)9/h5,7H,3-4H2,1-2H3,(H,8,9). The van der Waals surface area contributed by atoms with Gasteiger partial charge in [0.15, 0.2) is 0 Å². The van der Waals surface area contributed by atoms with Crippen LogP contribution in [-0.4, -0.2) is 31.3 Å². The molecular formula is C6H13NO4S. The predicted octanol–water partition coefficient (Wildman–Crippen LogP) is -0.211. The average molecular weight is 195 g/mol. The average Bonchev–Trinajstić information content (AvgIpc) is 1.84. The van der Waals surface area contributed by atoms with E-state index in [4.69, 9.17) is 5.11 Å². The number of sulfonamides is 1. The van der Waals surface area contributed by atoms with Crippen LogP contribution in [0, 0.1) is 0 Å². The second-order valence-electron chi connectivity index (χ2n) is 2.52. The van der Waals surface area contributed by atoms with Crippen LogP contribution >= 0.6 is 0 Å². The molecule has 12 heavy (non-hydrogen) atoms. The van der Waals surface area contributed by atoms with E-state index < -0.39 is 22.0 Å². The maximum Gasteiger partial charge on any atom is 0.304 e. The fourth-order valence-corrected chi connectivity index (χ4v) is 1.56. The van der Waals surface area contributed by atoms with Gasteiger partial charge in [0, 0.05) is 6.04 Å². The molecule has 2 N–H and O–H groups in total. The van der Waals surface area contributed by atoms with E-state index in [1.807, 2.05) is 0 Å². The van der Waals surface area contributed by atoms with E-state index in [-0.39, 0.29) is 12.2 Å². The number of carbonyl (C=O) groups is 1. The van der Waals surface area contributed by atoms with Gasteiger partial charge < -0.3 is 5.11 Å². The van der Waals surface area contributed by atoms with Crippen molar-refractivity contribution < 1.29 is 18.3 Å². The summed E-state index contributed by atoms with van der Waals surface area (Å²) in [4.78, 5) is 10.1. The molecule has 6 heteroatoms. The third kappa shape index (κ3) is 5.09. The van der Waals surface area contributed by atoms with Crippen molar-refractivity contribution in [3.63, 3.8) is 0 Å². The number of nitrogens with one attached hydrogen (secondary N) is 1. The molecule has 0 aliphatic heterocycles. The zero-order chi connectivity index (χ0) is 9.78. The van der Waals surface area contributed by atoms with Gasteiger partial charge >= 0.3 is 5.97 Å². The molecule has 72 valence electrons. The smallest absolute Gasteiger partial charge is 0.304 e. The molecule has 0 spiro atoms. The maximum atomic E-state index is 10.9. The summed E-state index contributed by atoms with van der Waals surface area (Å²) in [7, 11) is -3.28. The fourth-order valence-electron chi connectivity index (χ4n) is 0.693. The Bertz CT molecular complexity index is 246. The molecule has 1 unspecified atom stereocenters. The number of carboxylic acid groups (broad SMARTS) is 1. The van der Waals surface area contributed by atoms with Crippen molar-refractivity contribution in [2.75, 3.05) is 5.75 Å². The summed E-state index contributed by atoms with van der Waals surface area (Å²) in [6, 6.07) is -0.549. The third-order valence-corrected chi connectivity index (χ3v) is 2.76. The Balaban J connectivity index is 4.01. The lowest BCUT2D eigenvalue weighted by Crippen LogP contribution is -2.35. The van der Waals surface area contributed by atoms with E-state index in [2.05, 4.69) is 4.72 Å². The Morgan fingerprint density at radius 3 is 2.42 bits per heavy atom. The number of aliphatic carboxylic acids is 1. The first-order valence-corrected chi connectivity index (χ1v) is 5.24. The van der Waals surface area contributed by atoms with Gasteiger partial charge in [-0.1, -0.05) is 0 Å². The molecule has 0 aromatic heterocycles. The van der Waals surface area contributed by atoms with Crippen LogP contribution in [0.3, 0.4) is 0 Å². The minimum Gasteiger partial charge on any atom is -0.481 e. The lowest BCUT2D eigenvalue weighted by molar-refractivity contribution is -0.137. The quantitative estimate of drug-likeness (QED) is 0.635. The van der Waals surface area contributed by atoms with Crippen molar-refractivity contribution in [1.29, 1.82) is 0 Å². The number of carboxylic acids is 1. The molecule has 0 radical (unpaired) electrons. The SMILES string of the molecule is CCS(=O)(=O)NC(C)CC(=O)O. The van der Waals surface area contributed by atoms with Gasteiger partial charge in [0.25, 0.3) is 0 Å². The number of hydrogen-bond donors (Lipinski definition) is 2. The molecule has 0 fully saturated rings. The number of rotatable bonds is 5.